The molecule has 3 rings (SSSR count). The third-order valence-corrected chi connectivity index (χ3v) is 7.26. The number of morpholine rings is 1. The molecule has 8 heteroatoms. The number of nitrogens with zero attached hydrogens (tertiary/aromatic N) is 2. The van der Waals surface area contributed by atoms with E-state index < -0.39 is 10.0 Å². The molecule has 2 saturated heterocycles. The molecule has 1 atom stereocenters. The molecule has 1 aromatic rings. The molecule has 0 radical (unpaired) electrons. The predicted octanol–water partition coefficient (Wildman–Crippen LogP) is 1.78. The second-order valence-corrected chi connectivity index (χ2v) is 8.83. The number of hydrogen-bond acceptors (Lipinski definition) is 5. The molecule has 2 aliphatic rings. The Hall–Kier alpha value is -0.960. The molecular weight excluding hydrogens is 336 g/mol. The van der Waals surface area contributed by atoms with Crippen LogP contribution in [-0.4, -0.2) is 62.4 Å². The molecule has 6 nitrogen and oxygen atoms in total. The number of piperidine rings is 1. The maximum atomic E-state index is 12.9. The lowest BCUT2D eigenvalue weighted by Crippen LogP contribution is -2.45. The summed E-state index contributed by atoms with van der Waals surface area (Å²) < 4.78 is 32.7. The minimum Gasteiger partial charge on any atom is -0.375 e. The van der Waals surface area contributed by atoms with Gasteiger partial charge in [0.15, 0.2) is 0 Å². The first-order chi connectivity index (χ1) is 11.0. The van der Waals surface area contributed by atoms with Crippen LogP contribution in [0.4, 0.5) is 0 Å². The quantitative estimate of drug-likeness (QED) is 0.826. The van der Waals surface area contributed by atoms with Gasteiger partial charge in [0.05, 0.1) is 12.7 Å². The second-order valence-electron chi connectivity index (χ2n) is 6.01. The van der Waals surface area contributed by atoms with Crippen molar-refractivity contribution in [3.05, 3.63) is 16.3 Å². The molecular formula is C15H22N2O4S2. The summed E-state index contributed by atoms with van der Waals surface area (Å²) in [5.74, 6) is -0.203. The average Bonchev–Trinajstić information content (AvgIpc) is 3.05. The fraction of sp³-hybridized carbons (Fsp3) is 0.667. The summed E-state index contributed by atoms with van der Waals surface area (Å²) in [6, 6.07) is 1.56. The van der Waals surface area contributed by atoms with Crippen molar-refractivity contribution in [1.29, 1.82) is 0 Å². The van der Waals surface area contributed by atoms with Crippen molar-refractivity contribution in [3.63, 3.8) is 0 Å². The van der Waals surface area contributed by atoms with Gasteiger partial charge < -0.3 is 9.64 Å². The van der Waals surface area contributed by atoms with E-state index in [0.29, 0.717) is 37.7 Å². The zero-order valence-electron chi connectivity index (χ0n) is 13.2. The highest BCUT2D eigenvalue weighted by Gasteiger charge is 2.33. The Kier molecular flexibility index (Phi) is 5.05. The molecule has 23 heavy (non-hydrogen) atoms. The van der Waals surface area contributed by atoms with E-state index in [4.69, 9.17) is 4.74 Å². The smallest absolute Gasteiger partial charge is 0.265 e. The first-order valence-electron chi connectivity index (χ1n) is 7.98. The van der Waals surface area contributed by atoms with Gasteiger partial charge in [-0.2, -0.15) is 4.31 Å². The molecule has 3 heterocycles. The number of amides is 1. The largest absolute Gasteiger partial charge is 0.375 e. The molecule has 0 bridgehead atoms. The van der Waals surface area contributed by atoms with Gasteiger partial charge >= 0.3 is 0 Å². The molecule has 2 aliphatic heterocycles. The Morgan fingerprint density at radius 3 is 2.70 bits per heavy atom. The van der Waals surface area contributed by atoms with Crippen LogP contribution in [0.5, 0.6) is 0 Å². The van der Waals surface area contributed by atoms with E-state index >= 15 is 0 Å². The number of carbonyl (C=O) groups is 1. The number of hydrogen-bond donors (Lipinski definition) is 0. The normalized spacial score (nSPS) is 23.9. The lowest BCUT2D eigenvalue weighted by molar-refractivity contribution is -0.0123. The van der Waals surface area contributed by atoms with Crippen molar-refractivity contribution < 1.29 is 17.9 Å². The maximum absolute atomic E-state index is 12.9. The molecule has 2 fully saturated rings. The molecule has 0 unspecified atom stereocenters. The highest BCUT2D eigenvalue weighted by Crippen LogP contribution is 2.28. The molecule has 128 valence electrons. The van der Waals surface area contributed by atoms with E-state index in [9.17, 15) is 13.2 Å². The van der Waals surface area contributed by atoms with Crippen LogP contribution >= 0.6 is 11.3 Å². The Morgan fingerprint density at radius 2 is 2.00 bits per heavy atom. The lowest BCUT2D eigenvalue weighted by Gasteiger charge is -2.31. The van der Waals surface area contributed by atoms with Crippen LogP contribution < -0.4 is 0 Å². The van der Waals surface area contributed by atoms with Crippen LogP contribution in [0, 0.1) is 0 Å². The topological polar surface area (TPSA) is 66.9 Å². The van der Waals surface area contributed by atoms with Gasteiger partial charge in [0.1, 0.15) is 9.77 Å². The summed E-state index contributed by atoms with van der Waals surface area (Å²) in [7, 11) is -3.58. The van der Waals surface area contributed by atoms with Crippen LogP contribution in [0.1, 0.15) is 35.9 Å². The molecule has 0 aromatic carbocycles. The third-order valence-electron chi connectivity index (χ3n) is 4.28. The van der Waals surface area contributed by atoms with Gasteiger partial charge in [-0.1, -0.05) is 6.42 Å². The third kappa shape index (κ3) is 3.45. The molecule has 0 N–H and O–H groups in total. The SMILES string of the molecule is C[C@H]1CN(C(=O)c2sccc2S(=O)(=O)N2CCCCC2)CCO1. The highest BCUT2D eigenvalue weighted by molar-refractivity contribution is 7.89. The van der Waals surface area contributed by atoms with Gasteiger partial charge in [0, 0.05) is 26.2 Å². The molecule has 0 spiro atoms. The molecule has 0 saturated carbocycles. The number of sulfonamides is 1. The zero-order chi connectivity index (χ0) is 16.4. The van der Waals surface area contributed by atoms with Crippen molar-refractivity contribution in [2.75, 3.05) is 32.8 Å². The van der Waals surface area contributed by atoms with Crippen molar-refractivity contribution in [2.24, 2.45) is 0 Å². The van der Waals surface area contributed by atoms with Gasteiger partial charge in [-0.05, 0) is 31.2 Å². The maximum Gasteiger partial charge on any atom is 0.265 e. The van der Waals surface area contributed by atoms with Crippen molar-refractivity contribution >= 4 is 27.3 Å². The van der Waals surface area contributed by atoms with Crippen molar-refractivity contribution in [3.8, 4) is 0 Å². The standard InChI is InChI=1S/C15H22N2O4S2/c1-12-11-16(8-9-21-12)15(18)14-13(5-10-22-14)23(19,20)17-6-3-2-4-7-17/h5,10,12H,2-4,6-9,11H2,1H3/t12-/m0/s1. The summed E-state index contributed by atoms with van der Waals surface area (Å²) in [4.78, 5) is 14.9. The van der Waals surface area contributed by atoms with Gasteiger partial charge in [-0.15, -0.1) is 11.3 Å². The van der Waals surface area contributed by atoms with E-state index in [1.54, 1.807) is 16.3 Å². The number of ether oxygens (including phenoxy) is 1. The number of carbonyl (C=O) groups excluding carboxylic acids is 1. The Balaban J connectivity index is 1.85. The van der Waals surface area contributed by atoms with E-state index in [-0.39, 0.29) is 16.9 Å². The minimum absolute atomic E-state index is 0.0187. The van der Waals surface area contributed by atoms with Crippen LogP contribution in [0.2, 0.25) is 0 Å². The van der Waals surface area contributed by atoms with Crippen LogP contribution in [0.25, 0.3) is 0 Å². The van der Waals surface area contributed by atoms with Gasteiger partial charge in [0.25, 0.3) is 5.91 Å². The molecule has 0 aliphatic carbocycles. The second kappa shape index (κ2) is 6.88. The molecule has 1 amide bonds. The fourth-order valence-corrected chi connectivity index (χ4v) is 5.93. The highest BCUT2D eigenvalue weighted by atomic mass is 32.2. The van der Waals surface area contributed by atoms with Gasteiger partial charge in [-0.3, -0.25) is 4.79 Å². The van der Waals surface area contributed by atoms with Gasteiger partial charge in [0.2, 0.25) is 10.0 Å². The van der Waals surface area contributed by atoms with E-state index in [2.05, 4.69) is 0 Å². The van der Waals surface area contributed by atoms with Gasteiger partial charge in [-0.25, -0.2) is 8.42 Å². The number of rotatable bonds is 3. The summed E-state index contributed by atoms with van der Waals surface area (Å²) in [5, 5.41) is 1.69. The van der Waals surface area contributed by atoms with Crippen LogP contribution in [0.3, 0.4) is 0 Å². The lowest BCUT2D eigenvalue weighted by atomic mass is 10.2. The van der Waals surface area contributed by atoms with E-state index in [1.807, 2.05) is 6.92 Å². The summed E-state index contributed by atoms with van der Waals surface area (Å²) in [6.45, 7) is 4.50. The van der Waals surface area contributed by atoms with Crippen LogP contribution in [-0.2, 0) is 14.8 Å². The molecule has 1 aromatic heterocycles. The minimum atomic E-state index is -3.58. The predicted molar refractivity (Wildman–Crippen MR) is 88.2 cm³/mol. The van der Waals surface area contributed by atoms with Crippen molar-refractivity contribution in [1.82, 2.24) is 9.21 Å². The van der Waals surface area contributed by atoms with Crippen LogP contribution in [0.15, 0.2) is 16.3 Å². The first kappa shape index (κ1) is 16.9. The Morgan fingerprint density at radius 1 is 1.26 bits per heavy atom. The fourth-order valence-electron chi connectivity index (χ4n) is 3.05. The van der Waals surface area contributed by atoms with Crippen molar-refractivity contribution in [2.45, 2.75) is 37.2 Å². The average molecular weight is 358 g/mol. The Labute approximate surface area is 141 Å². The summed E-state index contributed by atoms with van der Waals surface area (Å²) >= 11 is 1.21. The summed E-state index contributed by atoms with van der Waals surface area (Å²) in [6.07, 6.45) is 2.81. The summed E-state index contributed by atoms with van der Waals surface area (Å²) in [5.41, 5.74) is 0. The van der Waals surface area contributed by atoms with E-state index in [0.717, 1.165) is 19.3 Å². The monoisotopic (exact) mass is 358 g/mol. The zero-order valence-corrected chi connectivity index (χ0v) is 14.9. The number of thiophene rings is 1. The Bertz CT molecular complexity index is 665. The van der Waals surface area contributed by atoms with E-state index in [1.165, 1.54) is 15.6 Å². The first-order valence-corrected chi connectivity index (χ1v) is 10.3.